The number of ether oxygens (including phenoxy) is 1. The number of aliphatic hydroxyl groups is 1. The Bertz CT molecular complexity index is 1330. The number of pyridine rings is 2. The van der Waals surface area contributed by atoms with Gasteiger partial charge in [-0.15, -0.1) is 0 Å². The van der Waals surface area contributed by atoms with Crippen LogP contribution in [0.3, 0.4) is 0 Å². The predicted molar refractivity (Wildman–Crippen MR) is 148 cm³/mol. The highest BCUT2D eigenvalue weighted by atomic mass is 16.6. The molecule has 0 aliphatic carbocycles. The first-order valence-electron chi connectivity index (χ1n) is 13.2. The molecule has 0 saturated carbocycles. The molecule has 1 aliphatic rings. The third-order valence-electron chi connectivity index (χ3n) is 6.88. The molecule has 1 aromatic carbocycles. The van der Waals surface area contributed by atoms with Crippen molar-refractivity contribution in [2.24, 2.45) is 0 Å². The van der Waals surface area contributed by atoms with Crippen molar-refractivity contribution < 1.29 is 19.4 Å². The van der Waals surface area contributed by atoms with E-state index in [-0.39, 0.29) is 17.5 Å². The fraction of sp³-hybridized carbons (Fsp3) is 0.400. The van der Waals surface area contributed by atoms with Crippen LogP contribution in [0.1, 0.15) is 63.8 Å². The zero-order valence-electron chi connectivity index (χ0n) is 22.8. The van der Waals surface area contributed by atoms with Crippen LogP contribution in [-0.2, 0) is 16.0 Å². The lowest BCUT2D eigenvalue weighted by molar-refractivity contribution is -0.118. The van der Waals surface area contributed by atoms with Gasteiger partial charge in [-0.1, -0.05) is 24.3 Å². The molecule has 0 spiro atoms. The number of carbonyl (C=O) groups excluding carboxylic acids is 2. The van der Waals surface area contributed by atoms with Crippen molar-refractivity contribution >= 4 is 17.7 Å². The Morgan fingerprint density at radius 2 is 1.85 bits per heavy atom. The summed E-state index contributed by atoms with van der Waals surface area (Å²) in [7, 11) is 0. The summed E-state index contributed by atoms with van der Waals surface area (Å²) in [5.74, 6) is -0.296. The van der Waals surface area contributed by atoms with Gasteiger partial charge in [0.2, 0.25) is 5.91 Å². The maximum absolute atomic E-state index is 13.3. The fourth-order valence-electron chi connectivity index (χ4n) is 4.92. The maximum Gasteiger partial charge on any atom is 0.410 e. The van der Waals surface area contributed by atoms with Crippen LogP contribution < -0.4 is 10.9 Å². The van der Waals surface area contributed by atoms with Crippen molar-refractivity contribution in [2.45, 2.75) is 76.8 Å². The molecule has 39 heavy (non-hydrogen) atoms. The minimum atomic E-state index is -0.882. The van der Waals surface area contributed by atoms with E-state index in [4.69, 9.17) is 4.74 Å². The highest BCUT2D eigenvalue weighted by Crippen LogP contribution is 2.35. The monoisotopic (exact) mass is 532 g/mol. The fourth-order valence-corrected chi connectivity index (χ4v) is 4.92. The number of hydrogen-bond donors (Lipinski definition) is 2. The lowest BCUT2D eigenvalue weighted by atomic mass is 10.0. The predicted octanol–water partition coefficient (Wildman–Crippen LogP) is 4.49. The van der Waals surface area contributed by atoms with Crippen molar-refractivity contribution in [3.8, 4) is 0 Å². The highest BCUT2D eigenvalue weighted by Gasteiger charge is 2.43. The number of carbonyl (C=O) groups is 2. The normalized spacial score (nSPS) is 18.8. The number of hydrogen-bond acceptors (Lipinski definition) is 6. The average molecular weight is 533 g/mol. The van der Waals surface area contributed by atoms with Gasteiger partial charge >= 0.3 is 6.09 Å². The van der Waals surface area contributed by atoms with Crippen LogP contribution in [-0.4, -0.2) is 49.2 Å². The molecule has 206 valence electrons. The summed E-state index contributed by atoms with van der Waals surface area (Å²) in [4.78, 5) is 43.9. The minimum absolute atomic E-state index is 0.165. The van der Waals surface area contributed by atoms with Crippen LogP contribution in [0.15, 0.2) is 78.0 Å². The topological polar surface area (TPSA) is 114 Å². The SMILES string of the molecule is C[C@@H](C(=O)Nc1ccc(C[C@@H]2CC[C@H]([C@H](O)c3cccnc3)N2C(=O)OC(C)(C)C)cc1)n1ccccc1=O. The number of likely N-dealkylation sites (tertiary alicyclic amines) is 1. The Labute approximate surface area is 228 Å². The summed E-state index contributed by atoms with van der Waals surface area (Å²) in [5.41, 5.74) is 1.34. The molecule has 2 N–H and O–H groups in total. The zero-order chi connectivity index (χ0) is 28.2. The number of anilines is 1. The molecule has 0 radical (unpaired) electrons. The molecular formula is C30H36N4O5. The van der Waals surface area contributed by atoms with Crippen LogP contribution in [0.2, 0.25) is 0 Å². The number of aromatic nitrogens is 2. The summed E-state index contributed by atoms with van der Waals surface area (Å²) in [6.45, 7) is 7.15. The average Bonchev–Trinajstić information content (AvgIpc) is 3.32. The second kappa shape index (κ2) is 11.8. The first kappa shape index (κ1) is 28.0. The van der Waals surface area contributed by atoms with Gasteiger partial charge in [-0.05, 0) is 76.8 Å². The molecule has 0 bridgehead atoms. The third kappa shape index (κ3) is 6.92. The van der Waals surface area contributed by atoms with Gasteiger partial charge in [-0.25, -0.2) is 4.79 Å². The Kier molecular flexibility index (Phi) is 8.50. The number of amides is 2. The van der Waals surface area contributed by atoms with Gasteiger partial charge in [-0.2, -0.15) is 0 Å². The minimum Gasteiger partial charge on any atom is -0.444 e. The summed E-state index contributed by atoms with van der Waals surface area (Å²) in [6, 6.07) is 14.5. The van der Waals surface area contributed by atoms with Gasteiger partial charge in [-0.3, -0.25) is 19.5 Å². The summed E-state index contributed by atoms with van der Waals surface area (Å²) >= 11 is 0. The number of rotatable bonds is 7. The van der Waals surface area contributed by atoms with E-state index in [0.29, 0.717) is 30.5 Å². The Hall–Kier alpha value is -3.98. The summed E-state index contributed by atoms with van der Waals surface area (Å²) in [5, 5.41) is 14.0. The molecule has 1 saturated heterocycles. The van der Waals surface area contributed by atoms with E-state index in [1.807, 2.05) is 45.0 Å². The molecule has 2 amide bonds. The van der Waals surface area contributed by atoms with E-state index >= 15 is 0 Å². The summed E-state index contributed by atoms with van der Waals surface area (Å²) < 4.78 is 7.10. The van der Waals surface area contributed by atoms with Crippen molar-refractivity contribution in [1.29, 1.82) is 0 Å². The van der Waals surface area contributed by atoms with Gasteiger partial charge in [0.15, 0.2) is 0 Å². The molecule has 9 heteroatoms. The van der Waals surface area contributed by atoms with Crippen LogP contribution in [0.25, 0.3) is 0 Å². The van der Waals surface area contributed by atoms with E-state index in [0.717, 1.165) is 5.56 Å². The van der Waals surface area contributed by atoms with E-state index < -0.39 is 29.9 Å². The van der Waals surface area contributed by atoms with E-state index in [1.165, 1.54) is 10.6 Å². The van der Waals surface area contributed by atoms with Crippen molar-refractivity contribution in [1.82, 2.24) is 14.5 Å². The highest BCUT2D eigenvalue weighted by molar-refractivity contribution is 5.93. The van der Waals surface area contributed by atoms with Crippen molar-refractivity contribution in [3.63, 3.8) is 0 Å². The van der Waals surface area contributed by atoms with Gasteiger partial charge in [0.05, 0.1) is 6.04 Å². The molecule has 1 fully saturated rings. The van der Waals surface area contributed by atoms with Gasteiger partial charge in [0.25, 0.3) is 5.56 Å². The first-order valence-corrected chi connectivity index (χ1v) is 13.2. The maximum atomic E-state index is 13.3. The van der Waals surface area contributed by atoms with E-state index in [2.05, 4.69) is 10.3 Å². The van der Waals surface area contributed by atoms with Crippen LogP contribution in [0.5, 0.6) is 0 Å². The van der Waals surface area contributed by atoms with Gasteiger partial charge < -0.3 is 19.7 Å². The lowest BCUT2D eigenvalue weighted by Gasteiger charge is -2.34. The molecule has 3 aromatic rings. The lowest BCUT2D eigenvalue weighted by Crippen LogP contribution is -2.47. The molecular weight excluding hydrogens is 496 g/mol. The van der Waals surface area contributed by atoms with Crippen LogP contribution in [0, 0.1) is 0 Å². The number of benzene rings is 1. The molecule has 4 rings (SSSR count). The standard InChI is InChI=1S/C30H36N4O5/c1-20(33-17-6-5-9-26(33)35)28(37)32-23-12-10-21(11-13-23)18-24-14-15-25(27(36)22-8-7-16-31-19-22)34(24)29(38)39-30(2,3)4/h5-13,16-17,19-20,24-25,27,36H,14-15,18H2,1-4H3,(H,32,37)/t20-,24-,25+,27+/m0/s1. The zero-order valence-corrected chi connectivity index (χ0v) is 22.8. The van der Waals surface area contributed by atoms with E-state index in [9.17, 15) is 19.5 Å². The largest absolute Gasteiger partial charge is 0.444 e. The molecule has 2 aromatic heterocycles. The van der Waals surface area contributed by atoms with E-state index in [1.54, 1.807) is 54.7 Å². The number of nitrogens with zero attached hydrogens (tertiary/aromatic N) is 3. The molecule has 0 unspecified atom stereocenters. The Morgan fingerprint density at radius 1 is 1.10 bits per heavy atom. The second-order valence-corrected chi connectivity index (χ2v) is 10.9. The third-order valence-corrected chi connectivity index (χ3v) is 6.88. The summed E-state index contributed by atoms with van der Waals surface area (Å²) in [6.07, 6.45) is 5.43. The molecule has 4 atom stereocenters. The first-order chi connectivity index (χ1) is 18.5. The van der Waals surface area contributed by atoms with Crippen LogP contribution in [0.4, 0.5) is 10.5 Å². The number of aliphatic hydroxyl groups excluding tert-OH is 1. The second-order valence-electron chi connectivity index (χ2n) is 10.9. The number of nitrogens with one attached hydrogen (secondary N) is 1. The van der Waals surface area contributed by atoms with Crippen molar-refractivity contribution in [3.05, 3.63) is 94.7 Å². The van der Waals surface area contributed by atoms with Gasteiger partial charge in [0, 0.05) is 41.9 Å². The van der Waals surface area contributed by atoms with Gasteiger partial charge in [0.1, 0.15) is 17.7 Å². The quantitative estimate of drug-likeness (QED) is 0.464. The van der Waals surface area contributed by atoms with Crippen LogP contribution >= 0.6 is 0 Å². The Morgan fingerprint density at radius 3 is 2.49 bits per heavy atom. The molecule has 9 nitrogen and oxygen atoms in total. The van der Waals surface area contributed by atoms with Crippen molar-refractivity contribution in [2.75, 3.05) is 5.32 Å². The smallest absolute Gasteiger partial charge is 0.410 e. The Balaban J connectivity index is 1.47. The molecule has 3 heterocycles. The molecule has 1 aliphatic heterocycles.